The third-order valence-corrected chi connectivity index (χ3v) is 6.14. The Morgan fingerprint density at radius 3 is 2.46 bits per heavy atom. The van der Waals surface area contributed by atoms with E-state index < -0.39 is 0 Å². The predicted octanol–water partition coefficient (Wildman–Crippen LogP) is 7.39. The number of aromatic nitrogens is 2. The fraction of sp³-hybridized carbons (Fsp3) is 0.312. The van der Waals surface area contributed by atoms with Crippen molar-refractivity contribution < 1.29 is 5.11 Å². The van der Waals surface area contributed by atoms with Crippen molar-refractivity contribution in [1.82, 2.24) is 15.3 Å². The molecule has 0 spiro atoms. The summed E-state index contributed by atoms with van der Waals surface area (Å²) < 4.78 is 0. The zero-order valence-electron chi connectivity index (χ0n) is 22.9. The second-order valence-electron chi connectivity index (χ2n) is 8.93. The van der Waals surface area contributed by atoms with Crippen LogP contribution in [0.2, 0.25) is 0 Å². The third-order valence-electron chi connectivity index (χ3n) is 6.14. The summed E-state index contributed by atoms with van der Waals surface area (Å²) in [6, 6.07) is 14.0. The van der Waals surface area contributed by atoms with Crippen LogP contribution in [0.25, 0.3) is 22.3 Å². The van der Waals surface area contributed by atoms with E-state index >= 15 is 0 Å². The number of aryl methyl sites for hydroxylation is 1. The second kappa shape index (κ2) is 15.4. The molecule has 0 saturated carbocycles. The van der Waals surface area contributed by atoms with Gasteiger partial charge in [-0.2, -0.15) is 0 Å². The first kappa shape index (κ1) is 29.5. The first-order valence-corrected chi connectivity index (χ1v) is 12.9. The molecule has 0 aliphatic carbocycles. The van der Waals surface area contributed by atoms with Gasteiger partial charge in [-0.05, 0) is 76.9 Å². The number of nitrogens with one attached hydrogen (secondary N) is 1. The molecule has 3 aromatic rings. The standard InChI is InChI=1S/C20H22N4O.C9H14.C3H6/c1-13-7-8-15-17(11-13)22-19(16-5-3-4-6-18(16)25)23-20(15)24-10-9-14(12-24)21-2;1-4-7-8-9(5-2)6-3;1-3-2/h3-8,11,14,21,25H,9-10,12H2,1-2H3;4-6H,1-2,7-8H2,3H3;3H,1H2,2H3/b;9-6+;. The van der Waals surface area contributed by atoms with E-state index in [0.29, 0.717) is 17.4 Å². The average molecular weight is 499 g/mol. The van der Waals surface area contributed by atoms with Gasteiger partial charge in [-0.15, -0.1) is 13.2 Å². The maximum Gasteiger partial charge on any atom is 0.165 e. The number of likely N-dealkylation sites (N-methyl/N-ethyl adjacent to an activating group) is 1. The highest BCUT2D eigenvalue weighted by molar-refractivity contribution is 5.92. The summed E-state index contributed by atoms with van der Waals surface area (Å²) in [7, 11) is 2.00. The van der Waals surface area contributed by atoms with Gasteiger partial charge < -0.3 is 15.3 Å². The lowest BCUT2D eigenvalue weighted by molar-refractivity contribution is 0.477. The molecular weight excluding hydrogens is 456 g/mol. The number of benzene rings is 2. The minimum absolute atomic E-state index is 0.204. The van der Waals surface area contributed by atoms with Crippen LogP contribution >= 0.6 is 0 Å². The number of rotatable bonds is 7. The monoisotopic (exact) mass is 498 g/mol. The summed E-state index contributed by atoms with van der Waals surface area (Å²) in [6.07, 6.45) is 10.9. The van der Waals surface area contributed by atoms with Crippen LogP contribution in [0.5, 0.6) is 5.75 Å². The molecule has 0 amide bonds. The first-order chi connectivity index (χ1) is 17.9. The normalized spacial score (nSPS) is 14.8. The van der Waals surface area contributed by atoms with Crippen molar-refractivity contribution >= 4 is 16.7 Å². The lowest BCUT2D eigenvalue weighted by Crippen LogP contribution is -2.30. The number of phenolic OH excluding ortho intramolecular Hbond substituents is 1. The fourth-order valence-electron chi connectivity index (χ4n) is 4.07. The predicted molar refractivity (Wildman–Crippen MR) is 160 cm³/mol. The van der Waals surface area contributed by atoms with Crippen molar-refractivity contribution in [1.29, 1.82) is 0 Å². The summed E-state index contributed by atoms with van der Waals surface area (Å²) in [6.45, 7) is 18.6. The van der Waals surface area contributed by atoms with Gasteiger partial charge in [0.2, 0.25) is 0 Å². The van der Waals surface area contributed by atoms with Crippen molar-refractivity contribution in [2.75, 3.05) is 25.0 Å². The molecule has 1 atom stereocenters. The molecule has 4 rings (SSSR count). The molecule has 1 fully saturated rings. The SMILES string of the molecule is C=CC.C=CCC/C(C=C)=C/C.CNC1CCN(c2nc(-c3ccccc3O)nc3cc(C)ccc23)C1. The highest BCUT2D eigenvalue weighted by Gasteiger charge is 2.25. The molecule has 1 aliphatic heterocycles. The maximum absolute atomic E-state index is 10.2. The summed E-state index contributed by atoms with van der Waals surface area (Å²) in [5.41, 5.74) is 4.04. The van der Waals surface area contributed by atoms with Crippen LogP contribution in [-0.2, 0) is 0 Å². The first-order valence-electron chi connectivity index (χ1n) is 12.9. The highest BCUT2D eigenvalue weighted by Crippen LogP contribution is 2.33. The topological polar surface area (TPSA) is 61.3 Å². The van der Waals surface area contributed by atoms with Crippen LogP contribution in [-0.4, -0.2) is 41.3 Å². The molecule has 2 N–H and O–H groups in total. The zero-order valence-corrected chi connectivity index (χ0v) is 22.9. The lowest BCUT2D eigenvalue weighted by Gasteiger charge is -2.20. The van der Waals surface area contributed by atoms with Gasteiger partial charge in [-0.1, -0.05) is 54.7 Å². The number of nitrogens with zero attached hydrogens (tertiary/aromatic N) is 3. The molecule has 1 aromatic heterocycles. The van der Waals surface area contributed by atoms with Gasteiger partial charge in [0.25, 0.3) is 0 Å². The van der Waals surface area contributed by atoms with Gasteiger partial charge in [0, 0.05) is 24.5 Å². The number of aromatic hydroxyl groups is 1. The van der Waals surface area contributed by atoms with E-state index in [9.17, 15) is 5.11 Å². The number of para-hydroxylation sites is 1. The molecule has 1 aliphatic rings. The average Bonchev–Trinajstić information content (AvgIpc) is 3.39. The van der Waals surface area contributed by atoms with Crippen LogP contribution in [0.1, 0.15) is 38.7 Å². The van der Waals surface area contributed by atoms with Crippen molar-refractivity contribution in [2.24, 2.45) is 0 Å². The van der Waals surface area contributed by atoms with Crippen LogP contribution in [0.4, 0.5) is 5.82 Å². The van der Waals surface area contributed by atoms with Crippen molar-refractivity contribution in [2.45, 2.75) is 46.1 Å². The fourth-order valence-corrected chi connectivity index (χ4v) is 4.07. The quantitative estimate of drug-likeness (QED) is 0.263. The Labute approximate surface area is 223 Å². The molecule has 2 aromatic carbocycles. The Balaban J connectivity index is 0.000000339. The summed E-state index contributed by atoms with van der Waals surface area (Å²) >= 11 is 0. The van der Waals surface area contributed by atoms with Gasteiger partial charge in [0.15, 0.2) is 5.82 Å². The summed E-state index contributed by atoms with van der Waals surface area (Å²) in [5.74, 6) is 1.72. The van der Waals surface area contributed by atoms with Crippen molar-refractivity contribution in [3.05, 3.63) is 97.6 Å². The lowest BCUT2D eigenvalue weighted by atomic mass is 10.1. The summed E-state index contributed by atoms with van der Waals surface area (Å²) in [5, 5.41) is 14.6. The largest absolute Gasteiger partial charge is 0.507 e. The highest BCUT2D eigenvalue weighted by atomic mass is 16.3. The summed E-state index contributed by atoms with van der Waals surface area (Å²) in [4.78, 5) is 11.9. The molecule has 1 unspecified atom stereocenters. The molecule has 5 nitrogen and oxygen atoms in total. The van der Waals surface area contributed by atoms with Crippen LogP contribution in [0.3, 0.4) is 0 Å². The molecule has 37 heavy (non-hydrogen) atoms. The number of hydrogen-bond donors (Lipinski definition) is 2. The maximum atomic E-state index is 10.2. The van der Waals surface area contributed by atoms with E-state index in [1.165, 1.54) is 5.57 Å². The molecule has 2 heterocycles. The number of phenols is 1. The molecular formula is C32H42N4O. The van der Waals surface area contributed by atoms with E-state index in [4.69, 9.17) is 9.97 Å². The van der Waals surface area contributed by atoms with Gasteiger partial charge in [-0.25, -0.2) is 9.97 Å². The Morgan fingerprint density at radius 1 is 1.14 bits per heavy atom. The Bertz CT molecular complexity index is 1210. The van der Waals surface area contributed by atoms with E-state index in [0.717, 1.165) is 54.6 Å². The van der Waals surface area contributed by atoms with Crippen molar-refractivity contribution in [3.63, 3.8) is 0 Å². The van der Waals surface area contributed by atoms with Gasteiger partial charge >= 0.3 is 0 Å². The van der Waals surface area contributed by atoms with Gasteiger partial charge in [-0.3, -0.25) is 0 Å². The van der Waals surface area contributed by atoms with Crippen LogP contribution < -0.4 is 10.2 Å². The van der Waals surface area contributed by atoms with Gasteiger partial charge in [0.05, 0.1) is 11.1 Å². The smallest absolute Gasteiger partial charge is 0.165 e. The number of allylic oxidation sites excluding steroid dienone is 5. The molecule has 0 radical (unpaired) electrons. The molecule has 1 saturated heterocycles. The van der Waals surface area contributed by atoms with E-state index in [-0.39, 0.29) is 5.75 Å². The third kappa shape index (κ3) is 8.43. The minimum atomic E-state index is 0.204. The number of anilines is 1. The molecule has 196 valence electrons. The minimum Gasteiger partial charge on any atom is -0.507 e. The van der Waals surface area contributed by atoms with Crippen LogP contribution in [0, 0.1) is 6.92 Å². The van der Waals surface area contributed by atoms with E-state index in [1.807, 2.05) is 51.2 Å². The second-order valence-corrected chi connectivity index (χ2v) is 8.93. The van der Waals surface area contributed by atoms with Crippen LogP contribution in [0.15, 0.2) is 92.1 Å². The van der Waals surface area contributed by atoms with E-state index in [1.54, 1.807) is 12.1 Å². The molecule has 0 bridgehead atoms. The van der Waals surface area contributed by atoms with E-state index in [2.05, 4.69) is 61.2 Å². The molecule has 5 heteroatoms. The number of hydrogen-bond acceptors (Lipinski definition) is 5. The Hall–Kier alpha value is -3.70. The zero-order chi connectivity index (χ0) is 27.2. The Kier molecular flexibility index (Phi) is 12.3. The van der Waals surface area contributed by atoms with Crippen molar-refractivity contribution in [3.8, 4) is 17.1 Å². The number of fused-ring (bicyclic) bond motifs is 1. The Morgan fingerprint density at radius 2 is 1.86 bits per heavy atom. The van der Waals surface area contributed by atoms with Gasteiger partial charge in [0.1, 0.15) is 11.6 Å².